The summed E-state index contributed by atoms with van der Waals surface area (Å²) in [6, 6.07) is 8.03. The maximum atomic E-state index is 12.6. The molecule has 0 bridgehead atoms. The summed E-state index contributed by atoms with van der Waals surface area (Å²) in [5.74, 6) is 1.98. The van der Waals surface area contributed by atoms with Gasteiger partial charge in [0, 0.05) is 18.8 Å². The molecule has 0 saturated carbocycles. The van der Waals surface area contributed by atoms with Crippen molar-refractivity contribution in [3.63, 3.8) is 0 Å². The Morgan fingerprint density at radius 3 is 2.72 bits per heavy atom. The quantitative estimate of drug-likeness (QED) is 0.841. The lowest BCUT2D eigenvalue weighted by molar-refractivity contribution is -0.120. The number of nitrogens with zero attached hydrogens (tertiary/aromatic N) is 1. The molecule has 25 heavy (non-hydrogen) atoms. The molecule has 5 nitrogen and oxygen atoms in total. The van der Waals surface area contributed by atoms with E-state index < -0.39 is 10.0 Å². The highest BCUT2D eigenvalue weighted by atomic mass is 32.2. The van der Waals surface area contributed by atoms with Gasteiger partial charge in [0.15, 0.2) is 0 Å². The SMILES string of the molecule is CS(=O)(=O)N1CCC[C@@H](C(=O)Nc2cccc(C3SCCCS3)c2)C1. The maximum absolute atomic E-state index is 12.6. The molecule has 2 saturated heterocycles. The Balaban J connectivity index is 1.64. The molecule has 0 aromatic heterocycles. The summed E-state index contributed by atoms with van der Waals surface area (Å²) in [6.07, 6.45) is 3.91. The van der Waals surface area contributed by atoms with E-state index in [1.54, 1.807) is 0 Å². The van der Waals surface area contributed by atoms with Gasteiger partial charge in [0.1, 0.15) is 0 Å². The predicted octanol–water partition coefficient (Wildman–Crippen LogP) is 3.17. The molecule has 8 heteroatoms. The summed E-state index contributed by atoms with van der Waals surface area (Å²) in [4.78, 5) is 12.6. The van der Waals surface area contributed by atoms with Crippen molar-refractivity contribution >= 4 is 45.1 Å². The first-order chi connectivity index (χ1) is 11.9. The zero-order chi connectivity index (χ0) is 17.9. The molecule has 0 aliphatic carbocycles. The van der Waals surface area contributed by atoms with Crippen LogP contribution in [0, 0.1) is 5.92 Å². The maximum Gasteiger partial charge on any atom is 0.228 e. The van der Waals surface area contributed by atoms with Crippen LogP contribution in [0.1, 0.15) is 29.4 Å². The van der Waals surface area contributed by atoms with Crippen LogP contribution in [0.4, 0.5) is 5.69 Å². The van der Waals surface area contributed by atoms with Crippen LogP contribution in [-0.4, -0.2) is 49.5 Å². The molecule has 138 valence electrons. The summed E-state index contributed by atoms with van der Waals surface area (Å²) >= 11 is 3.90. The molecule has 2 fully saturated rings. The van der Waals surface area contributed by atoms with Crippen LogP contribution in [0.5, 0.6) is 0 Å². The Hall–Kier alpha value is -0.700. The van der Waals surface area contributed by atoms with Gasteiger partial charge in [-0.25, -0.2) is 12.7 Å². The number of amides is 1. The van der Waals surface area contributed by atoms with E-state index in [0.717, 1.165) is 18.5 Å². The first-order valence-corrected chi connectivity index (χ1v) is 12.5. The monoisotopic (exact) mass is 400 g/mol. The molecule has 0 unspecified atom stereocenters. The topological polar surface area (TPSA) is 66.5 Å². The van der Waals surface area contributed by atoms with Crippen LogP contribution in [0.2, 0.25) is 0 Å². The van der Waals surface area contributed by atoms with Crippen molar-refractivity contribution in [3.8, 4) is 0 Å². The second-order valence-corrected chi connectivity index (χ2v) is 11.2. The molecule has 1 N–H and O–H groups in total. The summed E-state index contributed by atoms with van der Waals surface area (Å²) < 4.78 is 25.3. The third kappa shape index (κ3) is 5.15. The fourth-order valence-electron chi connectivity index (χ4n) is 3.15. The minimum absolute atomic E-state index is 0.0885. The largest absolute Gasteiger partial charge is 0.326 e. The van der Waals surface area contributed by atoms with Crippen LogP contribution < -0.4 is 5.32 Å². The summed E-state index contributed by atoms with van der Waals surface area (Å²) in [5.41, 5.74) is 2.03. The van der Waals surface area contributed by atoms with Gasteiger partial charge in [-0.15, -0.1) is 23.5 Å². The fraction of sp³-hybridized carbons (Fsp3) is 0.588. The molecule has 2 aliphatic rings. The van der Waals surface area contributed by atoms with Crippen LogP contribution in [0.15, 0.2) is 24.3 Å². The van der Waals surface area contributed by atoms with Gasteiger partial charge in [-0.3, -0.25) is 4.79 Å². The summed E-state index contributed by atoms with van der Waals surface area (Å²) in [6.45, 7) is 0.785. The first kappa shape index (κ1) is 19.1. The van der Waals surface area contributed by atoms with E-state index in [2.05, 4.69) is 11.4 Å². The number of benzene rings is 1. The van der Waals surface area contributed by atoms with Gasteiger partial charge < -0.3 is 5.32 Å². The van der Waals surface area contributed by atoms with Crippen molar-refractivity contribution in [2.24, 2.45) is 5.92 Å². The van der Waals surface area contributed by atoms with Crippen molar-refractivity contribution in [2.75, 3.05) is 36.2 Å². The molecular weight excluding hydrogens is 376 g/mol. The smallest absolute Gasteiger partial charge is 0.228 e. The minimum atomic E-state index is -3.24. The van der Waals surface area contributed by atoms with Gasteiger partial charge >= 0.3 is 0 Å². The average molecular weight is 401 g/mol. The number of hydrogen-bond acceptors (Lipinski definition) is 5. The number of thioether (sulfide) groups is 2. The Bertz CT molecular complexity index is 718. The van der Waals surface area contributed by atoms with Gasteiger partial charge in [-0.05, 0) is 48.5 Å². The third-order valence-electron chi connectivity index (χ3n) is 4.48. The standard InChI is InChI=1S/C17H24N2O3S3/c1-25(21,22)19-8-3-6-14(12-19)16(20)18-15-7-2-5-13(11-15)17-23-9-4-10-24-17/h2,5,7,11,14,17H,3-4,6,8-10,12H2,1H3,(H,18,20)/t14-/m1/s1. The summed E-state index contributed by atoms with van der Waals surface area (Å²) in [5, 5.41) is 2.98. The minimum Gasteiger partial charge on any atom is -0.326 e. The Morgan fingerprint density at radius 1 is 1.24 bits per heavy atom. The zero-order valence-corrected chi connectivity index (χ0v) is 16.8. The number of carbonyl (C=O) groups excluding carboxylic acids is 1. The lowest BCUT2D eigenvalue weighted by atomic mass is 9.98. The van der Waals surface area contributed by atoms with Crippen molar-refractivity contribution in [2.45, 2.75) is 23.8 Å². The first-order valence-electron chi connectivity index (χ1n) is 8.52. The number of piperidine rings is 1. The molecule has 1 aromatic rings. The number of carbonyl (C=O) groups is 1. The molecule has 3 rings (SSSR count). The second-order valence-electron chi connectivity index (χ2n) is 6.50. The third-order valence-corrected chi connectivity index (χ3v) is 8.76. The van der Waals surface area contributed by atoms with Crippen LogP contribution >= 0.6 is 23.5 Å². The highest BCUT2D eigenvalue weighted by Crippen LogP contribution is 2.44. The van der Waals surface area contributed by atoms with Crippen LogP contribution in [-0.2, 0) is 14.8 Å². The number of nitrogens with one attached hydrogen (secondary N) is 1. The normalized spacial score (nSPS) is 23.3. The average Bonchev–Trinajstić information content (AvgIpc) is 2.62. The molecular formula is C17H24N2O3S3. The molecule has 2 aliphatic heterocycles. The number of sulfonamides is 1. The van der Waals surface area contributed by atoms with Gasteiger partial charge in [0.05, 0.1) is 16.8 Å². The fourth-order valence-corrected chi connectivity index (χ4v) is 6.93. The van der Waals surface area contributed by atoms with E-state index in [-0.39, 0.29) is 18.4 Å². The molecule has 0 spiro atoms. The van der Waals surface area contributed by atoms with Gasteiger partial charge in [0.25, 0.3) is 0 Å². The van der Waals surface area contributed by atoms with Crippen LogP contribution in [0.25, 0.3) is 0 Å². The molecule has 2 heterocycles. The highest BCUT2D eigenvalue weighted by Gasteiger charge is 2.30. The van der Waals surface area contributed by atoms with Crippen molar-refractivity contribution in [1.82, 2.24) is 4.31 Å². The lowest BCUT2D eigenvalue weighted by Crippen LogP contribution is -2.43. The number of anilines is 1. The Morgan fingerprint density at radius 2 is 2.00 bits per heavy atom. The second kappa shape index (κ2) is 8.33. The van der Waals surface area contributed by atoms with E-state index in [4.69, 9.17) is 0 Å². The molecule has 1 atom stereocenters. The van der Waals surface area contributed by atoms with E-state index in [9.17, 15) is 13.2 Å². The molecule has 0 radical (unpaired) electrons. The highest BCUT2D eigenvalue weighted by molar-refractivity contribution is 8.16. The predicted molar refractivity (Wildman–Crippen MR) is 106 cm³/mol. The Labute approximate surface area is 158 Å². The van der Waals surface area contributed by atoms with Gasteiger partial charge in [-0.1, -0.05) is 12.1 Å². The van der Waals surface area contributed by atoms with E-state index in [1.807, 2.05) is 41.7 Å². The van der Waals surface area contributed by atoms with E-state index in [0.29, 0.717) is 11.1 Å². The van der Waals surface area contributed by atoms with Crippen molar-refractivity contribution < 1.29 is 13.2 Å². The number of hydrogen-bond donors (Lipinski definition) is 1. The summed E-state index contributed by atoms with van der Waals surface area (Å²) in [7, 11) is -3.24. The van der Waals surface area contributed by atoms with Crippen LogP contribution in [0.3, 0.4) is 0 Å². The van der Waals surface area contributed by atoms with Gasteiger partial charge in [-0.2, -0.15) is 0 Å². The Kier molecular flexibility index (Phi) is 6.35. The van der Waals surface area contributed by atoms with Gasteiger partial charge in [0.2, 0.25) is 15.9 Å². The molecule has 1 aromatic carbocycles. The zero-order valence-electron chi connectivity index (χ0n) is 14.3. The van der Waals surface area contributed by atoms with E-state index in [1.165, 1.54) is 34.1 Å². The van der Waals surface area contributed by atoms with Crippen molar-refractivity contribution in [1.29, 1.82) is 0 Å². The lowest BCUT2D eigenvalue weighted by Gasteiger charge is -2.30. The van der Waals surface area contributed by atoms with Crippen molar-refractivity contribution in [3.05, 3.63) is 29.8 Å². The molecule has 1 amide bonds. The number of rotatable bonds is 4. The van der Waals surface area contributed by atoms with E-state index >= 15 is 0 Å².